The van der Waals surface area contributed by atoms with Crippen LogP contribution in [-0.4, -0.2) is 17.2 Å². The van der Waals surface area contributed by atoms with Crippen molar-refractivity contribution in [1.29, 1.82) is 0 Å². The SMILES string of the molecule is O=C(O)C1(c2ccccc2)CC(F)C1. The number of carboxylic acids is 1. The van der Waals surface area contributed by atoms with E-state index >= 15 is 0 Å². The summed E-state index contributed by atoms with van der Waals surface area (Å²) in [6.45, 7) is 0. The molecule has 3 heteroatoms. The van der Waals surface area contributed by atoms with E-state index in [9.17, 15) is 9.18 Å². The Labute approximate surface area is 81.4 Å². The van der Waals surface area contributed by atoms with Crippen molar-refractivity contribution in [2.24, 2.45) is 0 Å². The summed E-state index contributed by atoms with van der Waals surface area (Å²) < 4.78 is 12.8. The number of hydrogen-bond donors (Lipinski definition) is 1. The van der Waals surface area contributed by atoms with Gasteiger partial charge in [0.1, 0.15) is 6.17 Å². The monoisotopic (exact) mass is 194 g/mol. The van der Waals surface area contributed by atoms with Crippen LogP contribution in [0.15, 0.2) is 30.3 Å². The van der Waals surface area contributed by atoms with Crippen LogP contribution in [0.4, 0.5) is 4.39 Å². The second-order valence-electron chi connectivity index (χ2n) is 3.76. The van der Waals surface area contributed by atoms with Crippen LogP contribution in [0.25, 0.3) is 0 Å². The minimum absolute atomic E-state index is 0.104. The Morgan fingerprint density at radius 2 is 1.93 bits per heavy atom. The number of hydrogen-bond acceptors (Lipinski definition) is 1. The largest absolute Gasteiger partial charge is 0.481 e. The molecule has 1 saturated carbocycles. The quantitative estimate of drug-likeness (QED) is 0.783. The van der Waals surface area contributed by atoms with Crippen molar-refractivity contribution in [2.45, 2.75) is 24.4 Å². The maximum atomic E-state index is 12.8. The van der Waals surface area contributed by atoms with Gasteiger partial charge in [0.05, 0.1) is 5.41 Å². The number of benzene rings is 1. The van der Waals surface area contributed by atoms with Crippen molar-refractivity contribution in [1.82, 2.24) is 0 Å². The highest BCUT2D eigenvalue weighted by molar-refractivity contribution is 5.83. The Morgan fingerprint density at radius 1 is 1.36 bits per heavy atom. The topological polar surface area (TPSA) is 37.3 Å². The number of rotatable bonds is 2. The summed E-state index contributed by atoms with van der Waals surface area (Å²) >= 11 is 0. The van der Waals surface area contributed by atoms with E-state index in [2.05, 4.69) is 0 Å². The third kappa shape index (κ3) is 1.20. The van der Waals surface area contributed by atoms with Gasteiger partial charge in [-0.1, -0.05) is 30.3 Å². The summed E-state index contributed by atoms with van der Waals surface area (Å²) in [6, 6.07) is 8.89. The van der Waals surface area contributed by atoms with Gasteiger partial charge < -0.3 is 5.11 Å². The lowest BCUT2D eigenvalue weighted by atomic mass is 9.63. The molecule has 0 spiro atoms. The minimum atomic E-state index is -0.972. The van der Waals surface area contributed by atoms with Crippen LogP contribution in [0, 0.1) is 0 Å². The van der Waals surface area contributed by atoms with Gasteiger partial charge in [-0.15, -0.1) is 0 Å². The highest BCUT2D eigenvalue weighted by Gasteiger charge is 2.52. The van der Waals surface area contributed by atoms with Gasteiger partial charge in [0, 0.05) is 0 Å². The van der Waals surface area contributed by atoms with Gasteiger partial charge in [-0.2, -0.15) is 0 Å². The molecule has 0 atom stereocenters. The van der Waals surface area contributed by atoms with E-state index in [4.69, 9.17) is 5.11 Å². The van der Waals surface area contributed by atoms with Gasteiger partial charge in [0.2, 0.25) is 0 Å². The first-order valence-corrected chi connectivity index (χ1v) is 4.58. The number of halogens is 1. The summed E-state index contributed by atoms with van der Waals surface area (Å²) in [5.41, 5.74) is -0.262. The molecular formula is C11H11FO2. The zero-order valence-corrected chi connectivity index (χ0v) is 7.61. The maximum absolute atomic E-state index is 12.8. The predicted molar refractivity (Wildman–Crippen MR) is 49.9 cm³/mol. The Bertz CT molecular complexity index is 342. The second-order valence-corrected chi connectivity index (χ2v) is 3.76. The van der Waals surface area contributed by atoms with Gasteiger partial charge in [0.25, 0.3) is 0 Å². The molecule has 1 aliphatic rings. The number of alkyl halides is 1. The molecule has 0 aromatic heterocycles. The van der Waals surface area contributed by atoms with Crippen LogP contribution < -0.4 is 0 Å². The smallest absolute Gasteiger partial charge is 0.314 e. The van der Waals surface area contributed by atoms with Gasteiger partial charge in [-0.3, -0.25) is 4.79 Å². The first kappa shape index (κ1) is 9.19. The standard InChI is InChI=1S/C11H11FO2/c12-9-6-11(7-9,10(13)14)8-4-2-1-3-5-8/h1-5,9H,6-7H2,(H,13,14). The fourth-order valence-electron chi connectivity index (χ4n) is 1.99. The van der Waals surface area contributed by atoms with Crippen LogP contribution in [0.1, 0.15) is 18.4 Å². The predicted octanol–water partition coefficient (Wildman–Crippen LogP) is 2.14. The molecule has 1 aromatic rings. The molecule has 0 amide bonds. The van der Waals surface area contributed by atoms with E-state index in [1.165, 1.54) is 0 Å². The average Bonchev–Trinajstić information content (AvgIpc) is 2.13. The van der Waals surface area contributed by atoms with Crippen molar-refractivity contribution in [3.8, 4) is 0 Å². The molecule has 0 saturated heterocycles. The van der Waals surface area contributed by atoms with Gasteiger partial charge in [0.15, 0.2) is 0 Å². The van der Waals surface area contributed by atoms with E-state index in [-0.39, 0.29) is 12.8 Å². The van der Waals surface area contributed by atoms with Crippen LogP contribution in [-0.2, 0) is 10.2 Å². The molecule has 1 aromatic carbocycles. The van der Waals surface area contributed by atoms with Crippen molar-refractivity contribution >= 4 is 5.97 Å². The molecule has 14 heavy (non-hydrogen) atoms. The van der Waals surface area contributed by atoms with Gasteiger partial charge in [-0.25, -0.2) is 4.39 Å². The number of aliphatic carboxylic acids is 1. The van der Waals surface area contributed by atoms with Crippen molar-refractivity contribution in [3.63, 3.8) is 0 Å². The molecule has 0 bridgehead atoms. The molecule has 0 aliphatic heterocycles. The molecule has 1 fully saturated rings. The van der Waals surface area contributed by atoms with Crippen molar-refractivity contribution < 1.29 is 14.3 Å². The van der Waals surface area contributed by atoms with Crippen LogP contribution in [0.5, 0.6) is 0 Å². The molecule has 0 unspecified atom stereocenters. The molecule has 2 nitrogen and oxygen atoms in total. The first-order chi connectivity index (χ1) is 6.65. The molecular weight excluding hydrogens is 183 g/mol. The zero-order valence-electron chi connectivity index (χ0n) is 7.61. The second kappa shape index (κ2) is 3.08. The minimum Gasteiger partial charge on any atom is -0.481 e. The Kier molecular flexibility index (Phi) is 2.02. The van der Waals surface area contributed by atoms with Crippen LogP contribution in [0.3, 0.4) is 0 Å². The van der Waals surface area contributed by atoms with Crippen molar-refractivity contribution in [3.05, 3.63) is 35.9 Å². The fraction of sp³-hybridized carbons (Fsp3) is 0.364. The molecule has 0 heterocycles. The van der Waals surface area contributed by atoms with Crippen LogP contribution in [0.2, 0.25) is 0 Å². The third-order valence-electron chi connectivity index (χ3n) is 2.88. The number of carboxylic acid groups (broad SMARTS) is 1. The van der Waals surface area contributed by atoms with E-state index in [1.807, 2.05) is 6.07 Å². The van der Waals surface area contributed by atoms with Crippen LogP contribution >= 0.6 is 0 Å². The summed E-state index contributed by atoms with van der Waals surface area (Å²) in [7, 11) is 0. The Morgan fingerprint density at radius 3 is 2.36 bits per heavy atom. The summed E-state index contributed by atoms with van der Waals surface area (Å²) in [5.74, 6) is -0.919. The highest BCUT2D eigenvalue weighted by atomic mass is 19.1. The first-order valence-electron chi connectivity index (χ1n) is 4.58. The van der Waals surface area contributed by atoms with E-state index in [0.29, 0.717) is 5.56 Å². The molecule has 2 rings (SSSR count). The lowest BCUT2D eigenvalue weighted by Gasteiger charge is -2.40. The number of carbonyl (C=O) groups is 1. The summed E-state index contributed by atoms with van der Waals surface area (Å²) in [6.07, 6.45) is -0.759. The third-order valence-corrected chi connectivity index (χ3v) is 2.88. The highest BCUT2D eigenvalue weighted by Crippen LogP contribution is 2.45. The van der Waals surface area contributed by atoms with Crippen molar-refractivity contribution in [2.75, 3.05) is 0 Å². The summed E-state index contributed by atoms with van der Waals surface area (Å²) in [4.78, 5) is 11.1. The molecule has 74 valence electrons. The zero-order chi connectivity index (χ0) is 10.2. The van der Waals surface area contributed by atoms with E-state index in [1.54, 1.807) is 24.3 Å². The average molecular weight is 194 g/mol. The van der Waals surface area contributed by atoms with E-state index in [0.717, 1.165) is 0 Å². The summed E-state index contributed by atoms with van der Waals surface area (Å²) in [5, 5.41) is 9.09. The van der Waals surface area contributed by atoms with Gasteiger partial charge >= 0.3 is 5.97 Å². The molecule has 0 radical (unpaired) electrons. The fourth-order valence-corrected chi connectivity index (χ4v) is 1.99. The lowest BCUT2D eigenvalue weighted by molar-refractivity contribution is -0.150. The molecule has 1 aliphatic carbocycles. The van der Waals surface area contributed by atoms with Gasteiger partial charge in [-0.05, 0) is 18.4 Å². The Balaban J connectivity index is 2.34. The lowest BCUT2D eigenvalue weighted by Crippen LogP contribution is -2.48. The molecule has 1 N–H and O–H groups in total. The van der Waals surface area contributed by atoms with E-state index < -0.39 is 17.6 Å². The Hall–Kier alpha value is -1.38. The normalized spacial score (nSPS) is 30.8. The maximum Gasteiger partial charge on any atom is 0.314 e.